The van der Waals surface area contributed by atoms with Crippen molar-refractivity contribution in [1.29, 1.82) is 0 Å². The van der Waals surface area contributed by atoms with Crippen LogP contribution in [-0.4, -0.2) is 4.57 Å². The fraction of sp³-hybridized carbons (Fsp3) is 0.636. The van der Waals surface area contributed by atoms with Crippen molar-refractivity contribution in [3.05, 3.63) is 22.0 Å². The van der Waals surface area contributed by atoms with E-state index in [0.717, 1.165) is 11.6 Å². The van der Waals surface area contributed by atoms with Crippen molar-refractivity contribution < 1.29 is 0 Å². The van der Waals surface area contributed by atoms with Crippen molar-refractivity contribution in [3.8, 4) is 0 Å². The summed E-state index contributed by atoms with van der Waals surface area (Å²) >= 11 is 6.26. The number of hydrogen-bond acceptors (Lipinski definition) is 0. The number of rotatable bonds is 2. The van der Waals surface area contributed by atoms with E-state index in [-0.39, 0.29) is 0 Å². The third kappa shape index (κ3) is 1.62. The van der Waals surface area contributed by atoms with Crippen LogP contribution in [0.3, 0.4) is 0 Å². The molecule has 1 aromatic rings. The first-order chi connectivity index (χ1) is 6.00. The molecule has 0 aliphatic carbocycles. The predicted molar refractivity (Wildman–Crippen MR) is 58.6 cm³/mol. The van der Waals surface area contributed by atoms with Crippen LogP contribution < -0.4 is 0 Å². The Morgan fingerprint density at radius 2 is 1.92 bits per heavy atom. The number of nitrogens with zero attached hydrogens (tertiary/aromatic N) is 1. The molecule has 0 saturated heterocycles. The molecule has 1 heterocycles. The Morgan fingerprint density at radius 1 is 1.38 bits per heavy atom. The average molecular weight is 200 g/mol. The average Bonchev–Trinajstić information content (AvgIpc) is 2.24. The van der Waals surface area contributed by atoms with E-state index in [1.807, 2.05) is 7.05 Å². The van der Waals surface area contributed by atoms with Gasteiger partial charge in [0, 0.05) is 12.7 Å². The molecule has 0 N–H and O–H groups in total. The normalized spacial score (nSPS) is 11.3. The van der Waals surface area contributed by atoms with Gasteiger partial charge in [-0.3, -0.25) is 0 Å². The molecule has 0 bridgehead atoms. The van der Waals surface area contributed by atoms with Crippen LogP contribution in [0.5, 0.6) is 0 Å². The second kappa shape index (κ2) is 3.75. The smallest absolute Gasteiger partial charge is 0.112 e. The molecule has 1 rings (SSSR count). The SMILES string of the molecule is CCc1c(C)c(C(C)C)c(Cl)n1C. The van der Waals surface area contributed by atoms with Crippen LogP contribution in [0.2, 0.25) is 5.15 Å². The summed E-state index contributed by atoms with van der Waals surface area (Å²) in [5.41, 5.74) is 4.03. The summed E-state index contributed by atoms with van der Waals surface area (Å²) in [5.74, 6) is 0.513. The van der Waals surface area contributed by atoms with Gasteiger partial charge in [-0.15, -0.1) is 0 Å². The van der Waals surface area contributed by atoms with Gasteiger partial charge in [0.1, 0.15) is 5.15 Å². The van der Waals surface area contributed by atoms with Gasteiger partial charge in [-0.1, -0.05) is 32.4 Å². The molecule has 0 aliphatic rings. The van der Waals surface area contributed by atoms with E-state index in [4.69, 9.17) is 11.6 Å². The molecule has 1 aromatic heterocycles. The third-order valence-electron chi connectivity index (χ3n) is 2.67. The summed E-state index contributed by atoms with van der Waals surface area (Å²) in [4.78, 5) is 0. The highest BCUT2D eigenvalue weighted by molar-refractivity contribution is 6.30. The Kier molecular flexibility index (Phi) is 3.07. The Morgan fingerprint density at radius 3 is 2.15 bits per heavy atom. The summed E-state index contributed by atoms with van der Waals surface area (Å²) in [7, 11) is 2.04. The maximum absolute atomic E-state index is 6.26. The van der Waals surface area contributed by atoms with Crippen LogP contribution in [0, 0.1) is 6.92 Å². The molecule has 0 fully saturated rings. The highest BCUT2D eigenvalue weighted by Gasteiger charge is 2.17. The van der Waals surface area contributed by atoms with Gasteiger partial charge in [0.05, 0.1) is 0 Å². The van der Waals surface area contributed by atoms with E-state index in [9.17, 15) is 0 Å². The lowest BCUT2D eigenvalue weighted by Gasteiger charge is -2.04. The minimum absolute atomic E-state index is 0.513. The summed E-state index contributed by atoms with van der Waals surface area (Å²) < 4.78 is 2.10. The Labute approximate surface area is 85.7 Å². The van der Waals surface area contributed by atoms with E-state index in [2.05, 4.69) is 32.3 Å². The number of aromatic nitrogens is 1. The monoisotopic (exact) mass is 199 g/mol. The molecule has 0 unspecified atom stereocenters. The zero-order valence-electron chi connectivity index (χ0n) is 9.11. The van der Waals surface area contributed by atoms with Crippen molar-refractivity contribution >= 4 is 11.6 Å². The van der Waals surface area contributed by atoms with E-state index in [1.54, 1.807) is 0 Å². The van der Waals surface area contributed by atoms with Crippen molar-refractivity contribution in [2.24, 2.45) is 7.05 Å². The first kappa shape index (κ1) is 10.6. The van der Waals surface area contributed by atoms with Crippen molar-refractivity contribution in [1.82, 2.24) is 4.57 Å². The highest BCUT2D eigenvalue weighted by atomic mass is 35.5. The van der Waals surface area contributed by atoms with Crippen LogP contribution in [-0.2, 0) is 13.5 Å². The van der Waals surface area contributed by atoms with Gasteiger partial charge in [-0.25, -0.2) is 0 Å². The first-order valence-electron chi connectivity index (χ1n) is 4.84. The lowest BCUT2D eigenvalue weighted by Crippen LogP contribution is -1.94. The molecule has 0 radical (unpaired) electrons. The van der Waals surface area contributed by atoms with E-state index >= 15 is 0 Å². The molecule has 13 heavy (non-hydrogen) atoms. The lowest BCUT2D eigenvalue weighted by molar-refractivity contribution is 0.823. The number of hydrogen-bond donors (Lipinski definition) is 0. The van der Waals surface area contributed by atoms with Gasteiger partial charge < -0.3 is 4.57 Å². The Hall–Kier alpha value is -0.430. The molecule has 1 nitrogen and oxygen atoms in total. The van der Waals surface area contributed by atoms with Gasteiger partial charge in [0.2, 0.25) is 0 Å². The number of halogens is 1. The lowest BCUT2D eigenvalue weighted by atomic mass is 10.0. The fourth-order valence-corrected chi connectivity index (χ4v) is 2.50. The van der Waals surface area contributed by atoms with Crippen LogP contribution in [0.1, 0.15) is 43.5 Å². The molecule has 0 aromatic carbocycles. The minimum Gasteiger partial charge on any atom is -0.338 e. The van der Waals surface area contributed by atoms with E-state index < -0.39 is 0 Å². The van der Waals surface area contributed by atoms with Gasteiger partial charge in [0.15, 0.2) is 0 Å². The van der Waals surface area contributed by atoms with Crippen molar-refractivity contribution in [2.75, 3.05) is 0 Å². The van der Waals surface area contributed by atoms with Crippen LogP contribution in [0.15, 0.2) is 0 Å². The largest absolute Gasteiger partial charge is 0.338 e. The third-order valence-corrected chi connectivity index (χ3v) is 3.13. The van der Waals surface area contributed by atoms with E-state index in [0.29, 0.717) is 5.92 Å². The van der Waals surface area contributed by atoms with E-state index in [1.165, 1.54) is 16.8 Å². The van der Waals surface area contributed by atoms with Gasteiger partial charge in [-0.2, -0.15) is 0 Å². The van der Waals surface area contributed by atoms with Gasteiger partial charge in [-0.05, 0) is 30.4 Å². The Balaban J connectivity index is 3.36. The van der Waals surface area contributed by atoms with Gasteiger partial charge in [0.25, 0.3) is 0 Å². The van der Waals surface area contributed by atoms with Crippen LogP contribution in [0.25, 0.3) is 0 Å². The topological polar surface area (TPSA) is 4.93 Å². The quantitative estimate of drug-likeness (QED) is 0.685. The van der Waals surface area contributed by atoms with Crippen LogP contribution in [0.4, 0.5) is 0 Å². The first-order valence-corrected chi connectivity index (χ1v) is 5.22. The molecule has 2 heteroatoms. The Bertz CT molecular complexity index is 310. The summed E-state index contributed by atoms with van der Waals surface area (Å²) in [6.45, 7) is 8.71. The standard InChI is InChI=1S/C11H18ClN/c1-6-9-8(4)10(7(2)3)11(12)13(9)5/h7H,6H2,1-5H3. The zero-order chi connectivity index (χ0) is 10.2. The second-order valence-electron chi connectivity index (χ2n) is 3.84. The van der Waals surface area contributed by atoms with Crippen molar-refractivity contribution in [2.45, 2.75) is 40.0 Å². The molecular formula is C11H18ClN. The second-order valence-corrected chi connectivity index (χ2v) is 4.20. The molecule has 0 amide bonds. The molecule has 0 aliphatic heterocycles. The van der Waals surface area contributed by atoms with Gasteiger partial charge >= 0.3 is 0 Å². The maximum atomic E-state index is 6.26. The zero-order valence-corrected chi connectivity index (χ0v) is 9.87. The maximum Gasteiger partial charge on any atom is 0.112 e. The molecule has 0 spiro atoms. The summed E-state index contributed by atoms with van der Waals surface area (Å²) in [5, 5.41) is 0.907. The fourth-order valence-electron chi connectivity index (χ4n) is 2.03. The minimum atomic E-state index is 0.513. The summed E-state index contributed by atoms with van der Waals surface area (Å²) in [6.07, 6.45) is 1.05. The summed E-state index contributed by atoms with van der Waals surface area (Å²) in [6, 6.07) is 0. The molecule has 0 saturated carbocycles. The predicted octanol–water partition coefficient (Wildman–Crippen LogP) is 3.67. The highest BCUT2D eigenvalue weighted by Crippen LogP contribution is 2.31. The van der Waals surface area contributed by atoms with Crippen LogP contribution >= 0.6 is 11.6 Å². The molecular weight excluding hydrogens is 182 g/mol. The molecule has 74 valence electrons. The van der Waals surface area contributed by atoms with Crippen molar-refractivity contribution in [3.63, 3.8) is 0 Å². The molecule has 0 atom stereocenters.